The zero-order valence-electron chi connectivity index (χ0n) is 11.5. The first kappa shape index (κ1) is 13.9. The molecule has 0 unspecified atom stereocenters. The van der Waals surface area contributed by atoms with Crippen LogP contribution in [0.5, 0.6) is 0 Å². The van der Waals surface area contributed by atoms with Gasteiger partial charge in [-0.3, -0.25) is 4.79 Å². The quantitative estimate of drug-likeness (QED) is 0.783. The average Bonchev–Trinajstić information content (AvgIpc) is 2.38. The minimum Gasteiger partial charge on any atom is -0.465 e. The maximum absolute atomic E-state index is 11.9. The molecule has 2 N–H and O–H groups in total. The molecule has 0 saturated heterocycles. The summed E-state index contributed by atoms with van der Waals surface area (Å²) in [6.45, 7) is 0.620. The highest BCUT2D eigenvalue weighted by molar-refractivity contribution is 5.70. The maximum Gasteiger partial charge on any atom is 0.307 e. The molecular weight excluding hydrogens is 226 g/mol. The maximum atomic E-state index is 11.9. The van der Waals surface area contributed by atoms with Crippen molar-refractivity contribution in [3.8, 4) is 0 Å². The van der Waals surface area contributed by atoms with Crippen molar-refractivity contribution in [2.75, 3.05) is 6.61 Å². The van der Waals surface area contributed by atoms with Crippen molar-refractivity contribution in [3.63, 3.8) is 0 Å². The number of hydrogen-bond donors (Lipinski definition) is 1. The fourth-order valence-electron chi connectivity index (χ4n) is 3.34. The Kier molecular flexibility index (Phi) is 5.04. The van der Waals surface area contributed by atoms with Crippen LogP contribution in [-0.2, 0) is 9.53 Å². The Morgan fingerprint density at radius 3 is 2.33 bits per heavy atom. The molecule has 2 aliphatic rings. The van der Waals surface area contributed by atoms with E-state index in [4.69, 9.17) is 10.5 Å². The molecule has 0 bridgehead atoms. The van der Waals surface area contributed by atoms with E-state index in [0.29, 0.717) is 18.9 Å². The lowest BCUT2D eigenvalue weighted by atomic mass is 9.80. The van der Waals surface area contributed by atoms with Gasteiger partial charge in [0.25, 0.3) is 0 Å². The van der Waals surface area contributed by atoms with Crippen molar-refractivity contribution in [1.82, 2.24) is 0 Å². The van der Waals surface area contributed by atoms with Crippen molar-refractivity contribution in [2.45, 2.75) is 76.2 Å². The first-order valence-corrected chi connectivity index (χ1v) is 7.62. The van der Waals surface area contributed by atoms with E-state index in [1.807, 2.05) is 0 Å². The predicted molar refractivity (Wildman–Crippen MR) is 72.2 cm³/mol. The Morgan fingerprint density at radius 1 is 1.06 bits per heavy atom. The number of esters is 1. The van der Waals surface area contributed by atoms with Crippen LogP contribution >= 0.6 is 0 Å². The molecule has 0 aromatic rings. The Balaban J connectivity index is 1.67. The van der Waals surface area contributed by atoms with Gasteiger partial charge < -0.3 is 10.5 Å². The highest BCUT2D eigenvalue weighted by atomic mass is 16.5. The second kappa shape index (κ2) is 6.55. The molecule has 0 atom stereocenters. The van der Waals surface area contributed by atoms with Crippen molar-refractivity contribution in [2.24, 2.45) is 11.7 Å². The molecule has 0 aromatic heterocycles. The Morgan fingerprint density at radius 2 is 1.67 bits per heavy atom. The molecule has 0 heterocycles. The van der Waals surface area contributed by atoms with Gasteiger partial charge in [-0.1, -0.05) is 38.5 Å². The van der Waals surface area contributed by atoms with Crippen molar-refractivity contribution >= 4 is 5.97 Å². The minimum atomic E-state index is -0.276. The van der Waals surface area contributed by atoms with E-state index >= 15 is 0 Å². The third-order valence-corrected chi connectivity index (χ3v) is 4.55. The van der Waals surface area contributed by atoms with Gasteiger partial charge in [0.15, 0.2) is 0 Å². The Hall–Kier alpha value is -0.570. The standard InChI is InChI=1S/C15H27NO2/c16-15(9-5-2-6-10-15)11-14(17)18-12-13-7-3-1-4-8-13/h13H,1-12,16H2. The van der Waals surface area contributed by atoms with Crippen LogP contribution in [0, 0.1) is 5.92 Å². The van der Waals surface area contributed by atoms with Crippen LogP contribution in [-0.4, -0.2) is 18.1 Å². The van der Waals surface area contributed by atoms with Crippen LogP contribution in [0.1, 0.15) is 70.6 Å². The van der Waals surface area contributed by atoms with Gasteiger partial charge in [0.2, 0.25) is 0 Å². The van der Waals surface area contributed by atoms with Crippen molar-refractivity contribution < 1.29 is 9.53 Å². The zero-order valence-corrected chi connectivity index (χ0v) is 11.5. The summed E-state index contributed by atoms with van der Waals surface area (Å²) in [7, 11) is 0. The van der Waals surface area contributed by atoms with Gasteiger partial charge >= 0.3 is 5.97 Å². The summed E-state index contributed by atoms with van der Waals surface area (Å²) in [4.78, 5) is 11.9. The molecule has 2 rings (SSSR count). The van der Waals surface area contributed by atoms with Crippen LogP contribution in [0.3, 0.4) is 0 Å². The summed E-state index contributed by atoms with van der Waals surface area (Å²) in [6, 6.07) is 0. The lowest BCUT2D eigenvalue weighted by Crippen LogP contribution is -2.44. The summed E-state index contributed by atoms with van der Waals surface area (Å²) < 4.78 is 5.43. The van der Waals surface area contributed by atoms with E-state index in [1.165, 1.54) is 38.5 Å². The number of hydrogen-bond acceptors (Lipinski definition) is 3. The molecule has 0 amide bonds. The number of nitrogens with two attached hydrogens (primary N) is 1. The minimum absolute atomic E-state index is 0.0787. The van der Waals surface area contributed by atoms with Crippen LogP contribution in [0.25, 0.3) is 0 Å². The van der Waals surface area contributed by atoms with Gasteiger partial charge in [-0.2, -0.15) is 0 Å². The molecule has 0 aliphatic heterocycles. The fourth-order valence-corrected chi connectivity index (χ4v) is 3.34. The van der Waals surface area contributed by atoms with Gasteiger partial charge in [0.1, 0.15) is 0 Å². The molecule has 3 heteroatoms. The number of ether oxygens (including phenoxy) is 1. The van der Waals surface area contributed by atoms with E-state index in [9.17, 15) is 4.79 Å². The van der Waals surface area contributed by atoms with Crippen LogP contribution in [0.15, 0.2) is 0 Å². The first-order valence-electron chi connectivity index (χ1n) is 7.62. The fraction of sp³-hybridized carbons (Fsp3) is 0.933. The van der Waals surface area contributed by atoms with E-state index < -0.39 is 0 Å². The molecule has 0 spiro atoms. The number of rotatable bonds is 4. The Bertz CT molecular complexity index is 266. The molecular formula is C15H27NO2. The Labute approximate surface area is 110 Å². The summed E-state index contributed by atoms with van der Waals surface area (Å²) in [5.74, 6) is 0.521. The normalized spacial score (nSPS) is 24.7. The van der Waals surface area contributed by atoms with E-state index in [-0.39, 0.29) is 11.5 Å². The molecule has 0 aromatic carbocycles. The second-order valence-electron chi connectivity index (χ2n) is 6.29. The molecule has 2 fully saturated rings. The largest absolute Gasteiger partial charge is 0.465 e. The van der Waals surface area contributed by atoms with Crippen molar-refractivity contribution in [1.29, 1.82) is 0 Å². The summed E-state index contributed by atoms with van der Waals surface area (Å²) in [5, 5.41) is 0. The summed E-state index contributed by atoms with van der Waals surface area (Å²) in [5.41, 5.74) is 5.99. The average molecular weight is 253 g/mol. The highest BCUT2D eigenvalue weighted by Crippen LogP contribution is 2.29. The lowest BCUT2D eigenvalue weighted by Gasteiger charge is -2.32. The van der Waals surface area contributed by atoms with Crippen LogP contribution in [0.4, 0.5) is 0 Å². The van der Waals surface area contributed by atoms with Gasteiger partial charge in [-0.15, -0.1) is 0 Å². The van der Waals surface area contributed by atoms with E-state index in [0.717, 1.165) is 25.7 Å². The molecule has 0 radical (unpaired) electrons. The third-order valence-electron chi connectivity index (χ3n) is 4.55. The summed E-state index contributed by atoms with van der Waals surface area (Å²) in [6.07, 6.45) is 12.3. The van der Waals surface area contributed by atoms with Gasteiger partial charge in [-0.25, -0.2) is 0 Å². The lowest BCUT2D eigenvalue weighted by molar-refractivity contribution is -0.147. The topological polar surface area (TPSA) is 52.3 Å². The van der Waals surface area contributed by atoms with E-state index in [2.05, 4.69) is 0 Å². The molecule has 104 valence electrons. The van der Waals surface area contributed by atoms with Crippen LogP contribution in [0.2, 0.25) is 0 Å². The predicted octanol–water partition coefficient (Wildman–Crippen LogP) is 3.16. The van der Waals surface area contributed by atoms with Crippen molar-refractivity contribution in [3.05, 3.63) is 0 Å². The highest BCUT2D eigenvalue weighted by Gasteiger charge is 2.30. The number of carbonyl (C=O) groups excluding carboxylic acids is 1. The molecule has 2 saturated carbocycles. The van der Waals surface area contributed by atoms with Gasteiger partial charge in [0.05, 0.1) is 13.0 Å². The zero-order chi connectivity index (χ0) is 12.8. The first-order chi connectivity index (χ1) is 8.68. The monoisotopic (exact) mass is 253 g/mol. The third kappa shape index (κ3) is 4.27. The van der Waals surface area contributed by atoms with Gasteiger partial charge in [0, 0.05) is 5.54 Å². The number of carbonyl (C=O) groups is 1. The summed E-state index contributed by atoms with van der Waals surface area (Å²) >= 11 is 0. The second-order valence-corrected chi connectivity index (χ2v) is 6.29. The smallest absolute Gasteiger partial charge is 0.307 e. The van der Waals surface area contributed by atoms with Crippen LogP contribution < -0.4 is 5.73 Å². The van der Waals surface area contributed by atoms with E-state index in [1.54, 1.807) is 0 Å². The SMILES string of the molecule is NC1(CC(=O)OCC2CCCCC2)CCCCC1. The van der Waals surface area contributed by atoms with Gasteiger partial charge in [-0.05, 0) is 31.6 Å². The molecule has 18 heavy (non-hydrogen) atoms. The molecule has 3 nitrogen and oxygen atoms in total. The molecule has 2 aliphatic carbocycles.